The summed E-state index contributed by atoms with van der Waals surface area (Å²) in [6.45, 7) is 5.47. The summed E-state index contributed by atoms with van der Waals surface area (Å²) in [4.78, 5) is 25.8. The van der Waals surface area contributed by atoms with E-state index in [1.54, 1.807) is 13.8 Å². The highest BCUT2D eigenvalue weighted by atomic mass is 16.2. The SMILES string of the molecule is CC(C)(CCC(=O)NC1(C#N)CCN(Cc2ccccc2)C1)C(N)=O. The lowest BCUT2D eigenvalue weighted by Gasteiger charge is -2.25. The third-order valence-electron chi connectivity index (χ3n) is 4.83. The number of nitriles is 1. The molecule has 1 fully saturated rings. The molecule has 1 saturated heterocycles. The minimum Gasteiger partial charge on any atom is -0.369 e. The molecule has 1 aromatic rings. The molecule has 1 heterocycles. The molecule has 0 bridgehead atoms. The topological polar surface area (TPSA) is 99.2 Å². The van der Waals surface area contributed by atoms with Crippen molar-refractivity contribution in [1.82, 2.24) is 10.2 Å². The van der Waals surface area contributed by atoms with E-state index in [0.717, 1.165) is 13.1 Å². The van der Waals surface area contributed by atoms with Crippen LogP contribution in [-0.2, 0) is 16.1 Å². The Balaban J connectivity index is 1.90. The maximum Gasteiger partial charge on any atom is 0.223 e. The first-order valence-corrected chi connectivity index (χ1v) is 8.55. The lowest BCUT2D eigenvalue weighted by atomic mass is 9.87. The van der Waals surface area contributed by atoms with Crippen molar-refractivity contribution < 1.29 is 9.59 Å². The average molecular weight is 342 g/mol. The second-order valence-corrected chi connectivity index (χ2v) is 7.44. The van der Waals surface area contributed by atoms with E-state index in [9.17, 15) is 14.9 Å². The van der Waals surface area contributed by atoms with Gasteiger partial charge in [-0.25, -0.2) is 0 Å². The number of nitrogens with zero attached hydrogens (tertiary/aromatic N) is 2. The predicted octanol–water partition coefficient (Wildman–Crippen LogP) is 1.56. The molecule has 0 radical (unpaired) electrons. The molecule has 1 atom stereocenters. The van der Waals surface area contributed by atoms with Crippen molar-refractivity contribution >= 4 is 11.8 Å². The monoisotopic (exact) mass is 342 g/mol. The molecule has 1 aliphatic rings. The van der Waals surface area contributed by atoms with E-state index < -0.39 is 16.9 Å². The number of nitrogens with one attached hydrogen (secondary N) is 1. The zero-order chi connectivity index (χ0) is 18.5. The number of rotatable bonds is 7. The van der Waals surface area contributed by atoms with Crippen molar-refractivity contribution in [2.24, 2.45) is 11.1 Å². The molecule has 1 aliphatic heterocycles. The van der Waals surface area contributed by atoms with Crippen LogP contribution in [0.1, 0.15) is 38.7 Å². The molecule has 2 amide bonds. The van der Waals surface area contributed by atoms with Gasteiger partial charge in [-0.2, -0.15) is 5.26 Å². The van der Waals surface area contributed by atoms with Gasteiger partial charge in [-0.3, -0.25) is 14.5 Å². The summed E-state index contributed by atoms with van der Waals surface area (Å²) in [5.74, 6) is -0.636. The Labute approximate surface area is 149 Å². The first-order valence-electron chi connectivity index (χ1n) is 8.55. The van der Waals surface area contributed by atoms with Crippen molar-refractivity contribution in [3.8, 4) is 6.07 Å². The zero-order valence-corrected chi connectivity index (χ0v) is 14.9. The number of carbonyl (C=O) groups excluding carboxylic acids is 2. The van der Waals surface area contributed by atoms with Crippen LogP contribution in [0.25, 0.3) is 0 Å². The van der Waals surface area contributed by atoms with Gasteiger partial charge in [0.25, 0.3) is 0 Å². The molecular weight excluding hydrogens is 316 g/mol. The highest BCUT2D eigenvalue weighted by Crippen LogP contribution is 2.25. The van der Waals surface area contributed by atoms with Crippen LogP contribution < -0.4 is 11.1 Å². The van der Waals surface area contributed by atoms with Crippen LogP contribution in [0.15, 0.2) is 30.3 Å². The molecule has 6 heteroatoms. The van der Waals surface area contributed by atoms with Crippen LogP contribution in [0.5, 0.6) is 0 Å². The number of nitrogens with two attached hydrogens (primary N) is 1. The average Bonchev–Trinajstić information content (AvgIpc) is 2.97. The third kappa shape index (κ3) is 5.04. The van der Waals surface area contributed by atoms with Gasteiger partial charge in [0.1, 0.15) is 5.54 Å². The molecule has 0 aromatic heterocycles. The standard InChI is InChI=1S/C19H26N4O2/c1-18(2,17(21)25)9-8-16(24)22-19(13-20)10-11-23(14-19)12-15-6-4-3-5-7-15/h3-7H,8-12,14H2,1-2H3,(H2,21,25)(H,22,24). The highest BCUT2D eigenvalue weighted by molar-refractivity contribution is 5.82. The Morgan fingerprint density at radius 1 is 1.36 bits per heavy atom. The minimum atomic E-state index is -0.858. The molecule has 25 heavy (non-hydrogen) atoms. The van der Waals surface area contributed by atoms with Crippen LogP contribution in [0.2, 0.25) is 0 Å². The molecule has 0 saturated carbocycles. The van der Waals surface area contributed by atoms with Gasteiger partial charge < -0.3 is 11.1 Å². The molecule has 1 unspecified atom stereocenters. The Morgan fingerprint density at radius 3 is 2.64 bits per heavy atom. The van der Waals surface area contributed by atoms with Crippen LogP contribution in [0, 0.1) is 16.7 Å². The summed E-state index contributed by atoms with van der Waals surface area (Å²) in [6.07, 6.45) is 1.14. The van der Waals surface area contributed by atoms with Crippen molar-refractivity contribution in [2.75, 3.05) is 13.1 Å². The summed E-state index contributed by atoms with van der Waals surface area (Å²) in [7, 11) is 0. The normalized spacial score (nSPS) is 20.8. The van der Waals surface area contributed by atoms with Crippen LogP contribution in [0.3, 0.4) is 0 Å². The first kappa shape index (κ1) is 18.9. The number of hydrogen-bond donors (Lipinski definition) is 2. The third-order valence-corrected chi connectivity index (χ3v) is 4.83. The van der Waals surface area contributed by atoms with E-state index in [1.807, 2.05) is 18.2 Å². The maximum absolute atomic E-state index is 12.3. The summed E-state index contributed by atoms with van der Waals surface area (Å²) < 4.78 is 0. The lowest BCUT2D eigenvalue weighted by Crippen LogP contribution is -2.49. The van der Waals surface area contributed by atoms with Gasteiger partial charge in [-0.05, 0) is 18.4 Å². The second-order valence-electron chi connectivity index (χ2n) is 7.44. The summed E-state index contributed by atoms with van der Waals surface area (Å²) in [5, 5.41) is 12.5. The van der Waals surface area contributed by atoms with Crippen molar-refractivity contribution in [1.29, 1.82) is 5.26 Å². The van der Waals surface area contributed by atoms with E-state index in [-0.39, 0.29) is 12.3 Å². The summed E-state index contributed by atoms with van der Waals surface area (Å²) in [5.41, 5.74) is 4.93. The van der Waals surface area contributed by atoms with Gasteiger partial charge >= 0.3 is 0 Å². The first-order chi connectivity index (χ1) is 11.8. The lowest BCUT2D eigenvalue weighted by molar-refractivity contribution is -0.127. The van der Waals surface area contributed by atoms with Crippen molar-refractivity contribution in [3.05, 3.63) is 35.9 Å². The largest absolute Gasteiger partial charge is 0.369 e. The Hall–Kier alpha value is -2.39. The number of likely N-dealkylation sites (tertiary alicyclic amines) is 1. The van der Waals surface area contributed by atoms with Gasteiger partial charge in [-0.1, -0.05) is 44.2 Å². The fourth-order valence-electron chi connectivity index (χ4n) is 2.97. The summed E-state index contributed by atoms with van der Waals surface area (Å²) >= 11 is 0. The smallest absolute Gasteiger partial charge is 0.223 e. The molecule has 2 rings (SSSR count). The highest BCUT2D eigenvalue weighted by Gasteiger charge is 2.40. The molecule has 0 spiro atoms. The van der Waals surface area contributed by atoms with E-state index in [1.165, 1.54) is 5.56 Å². The van der Waals surface area contributed by atoms with Crippen molar-refractivity contribution in [3.63, 3.8) is 0 Å². The predicted molar refractivity (Wildman–Crippen MR) is 95.0 cm³/mol. The van der Waals surface area contributed by atoms with E-state index >= 15 is 0 Å². The summed E-state index contributed by atoms with van der Waals surface area (Å²) in [6, 6.07) is 12.3. The van der Waals surface area contributed by atoms with E-state index in [2.05, 4.69) is 28.4 Å². The fraction of sp³-hybridized carbons (Fsp3) is 0.526. The second kappa shape index (κ2) is 7.66. The molecule has 3 N–H and O–H groups in total. The van der Waals surface area contributed by atoms with E-state index in [0.29, 0.717) is 19.4 Å². The molecule has 1 aromatic carbocycles. The van der Waals surface area contributed by atoms with Gasteiger partial charge in [0.15, 0.2) is 0 Å². The number of primary amides is 1. The van der Waals surface area contributed by atoms with Crippen molar-refractivity contribution in [2.45, 2.75) is 45.2 Å². The maximum atomic E-state index is 12.3. The van der Waals surface area contributed by atoms with Gasteiger partial charge in [0.05, 0.1) is 6.07 Å². The van der Waals surface area contributed by atoms with Crippen LogP contribution in [0.4, 0.5) is 0 Å². The molecule has 6 nitrogen and oxygen atoms in total. The van der Waals surface area contributed by atoms with Gasteiger partial charge in [0.2, 0.25) is 11.8 Å². The van der Waals surface area contributed by atoms with Gasteiger partial charge in [0, 0.05) is 31.5 Å². The number of amides is 2. The molecular formula is C19H26N4O2. The van der Waals surface area contributed by atoms with Crippen LogP contribution in [-0.4, -0.2) is 35.3 Å². The molecule has 134 valence electrons. The Kier molecular flexibility index (Phi) is 5.81. The van der Waals surface area contributed by atoms with Gasteiger partial charge in [-0.15, -0.1) is 0 Å². The van der Waals surface area contributed by atoms with E-state index in [4.69, 9.17) is 5.73 Å². The Bertz CT molecular complexity index is 666. The molecule has 0 aliphatic carbocycles. The number of hydrogen-bond acceptors (Lipinski definition) is 4. The zero-order valence-electron chi connectivity index (χ0n) is 14.9. The fourth-order valence-corrected chi connectivity index (χ4v) is 2.97. The number of carbonyl (C=O) groups is 2. The minimum absolute atomic E-state index is 0.179. The quantitative estimate of drug-likeness (QED) is 0.785. The Morgan fingerprint density at radius 2 is 2.04 bits per heavy atom. The van der Waals surface area contributed by atoms with Crippen LogP contribution >= 0.6 is 0 Å². The number of benzene rings is 1.